The smallest absolute Gasteiger partial charge is 0.329 e. The number of imidazole rings is 1. The molecule has 142 valence electrons. The minimum absolute atomic E-state index is 0.126. The molecule has 9 heteroatoms. The molecule has 0 aliphatic carbocycles. The van der Waals surface area contributed by atoms with E-state index >= 15 is 0 Å². The van der Waals surface area contributed by atoms with E-state index in [4.69, 9.17) is 0 Å². The second-order valence-corrected chi connectivity index (χ2v) is 9.34. The molecule has 3 aromatic rings. The van der Waals surface area contributed by atoms with Gasteiger partial charge in [-0.15, -0.1) is 0 Å². The van der Waals surface area contributed by atoms with Crippen molar-refractivity contribution in [2.75, 3.05) is 11.0 Å². The second-order valence-electron chi connectivity index (χ2n) is 6.25. The Morgan fingerprint density at radius 1 is 1.22 bits per heavy atom. The van der Waals surface area contributed by atoms with Gasteiger partial charge in [-0.05, 0) is 37.6 Å². The lowest BCUT2D eigenvalue weighted by Crippen LogP contribution is -2.16. The third kappa shape index (κ3) is 4.88. The van der Waals surface area contributed by atoms with E-state index < -0.39 is 21.2 Å². The minimum atomic E-state index is -3.43. The summed E-state index contributed by atoms with van der Waals surface area (Å²) in [4.78, 5) is 8.73. The van der Waals surface area contributed by atoms with Gasteiger partial charge in [0.2, 0.25) is 10.0 Å². The Bertz CT molecular complexity index is 1040. The number of pyridine rings is 1. The summed E-state index contributed by atoms with van der Waals surface area (Å²) in [5, 5.41) is 0.363. The number of aryl methyl sites for hydroxylation is 2. The predicted molar refractivity (Wildman–Crippen MR) is 106 cm³/mol. The average molecular weight is 405 g/mol. The first-order chi connectivity index (χ1) is 12.7. The molecule has 2 aromatic heterocycles. The van der Waals surface area contributed by atoms with Gasteiger partial charge in [-0.2, -0.15) is 4.98 Å². The van der Waals surface area contributed by atoms with Gasteiger partial charge < -0.3 is 4.55 Å². The van der Waals surface area contributed by atoms with Gasteiger partial charge in [-0.3, -0.25) is 4.72 Å². The summed E-state index contributed by atoms with van der Waals surface area (Å²) in [5.41, 5.74) is 2.95. The number of nitrogens with zero attached hydrogens (tertiary/aromatic N) is 3. The molecule has 7 nitrogen and oxygen atoms in total. The quantitative estimate of drug-likeness (QED) is 0.637. The molecular formula is C18H20N4O3S2. The van der Waals surface area contributed by atoms with Crippen LogP contribution in [0.2, 0.25) is 0 Å². The highest BCUT2D eigenvalue weighted by molar-refractivity contribution is 7.92. The van der Waals surface area contributed by atoms with Crippen LogP contribution in [-0.2, 0) is 27.0 Å². The van der Waals surface area contributed by atoms with Gasteiger partial charge in [0, 0.05) is 28.6 Å². The van der Waals surface area contributed by atoms with Gasteiger partial charge in [0.25, 0.3) is 0 Å². The zero-order valence-corrected chi connectivity index (χ0v) is 16.8. The Balaban J connectivity index is 1.91. The van der Waals surface area contributed by atoms with E-state index in [9.17, 15) is 13.0 Å². The summed E-state index contributed by atoms with van der Waals surface area (Å²) in [6, 6.07) is 10.7. The summed E-state index contributed by atoms with van der Waals surface area (Å²) in [5.74, 6) is 0.774. The largest absolute Gasteiger partial charge is 0.609 e. The summed E-state index contributed by atoms with van der Waals surface area (Å²) >= 11 is -1.49. The molecule has 0 bridgehead atoms. The van der Waals surface area contributed by atoms with Crippen molar-refractivity contribution in [1.29, 1.82) is 0 Å². The first kappa shape index (κ1) is 19.4. The van der Waals surface area contributed by atoms with E-state index in [0.29, 0.717) is 22.2 Å². The maximum atomic E-state index is 13.0. The summed E-state index contributed by atoms with van der Waals surface area (Å²) in [6.07, 6.45) is 4.38. The number of para-hydroxylation sites is 1. The van der Waals surface area contributed by atoms with Crippen LogP contribution in [0.25, 0.3) is 5.82 Å². The molecule has 0 aliphatic rings. The van der Waals surface area contributed by atoms with Crippen molar-refractivity contribution >= 4 is 26.9 Å². The first-order valence-corrected chi connectivity index (χ1v) is 11.4. The van der Waals surface area contributed by atoms with Crippen molar-refractivity contribution in [3.8, 4) is 5.82 Å². The number of anilines is 1. The second kappa shape index (κ2) is 7.71. The number of nitrogens with one attached hydrogen (secondary N) is 1. The number of hydrogen-bond donors (Lipinski definition) is 1. The fraction of sp³-hybridized carbons (Fsp3) is 0.222. The van der Waals surface area contributed by atoms with E-state index in [1.54, 1.807) is 41.2 Å². The SMILES string of the molecule is Cc1cc(C)nc(-n2ccnc2[S+]([O-])Cc2ccccc2NS(C)(=O)=O)c1. The van der Waals surface area contributed by atoms with Crippen LogP contribution in [0.1, 0.15) is 16.8 Å². The molecule has 27 heavy (non-hydrogen) atoms. The molecule has 1 N–H and O–H groups in total. The minimum Gasteiger partial charge on any atom is -0.609 e. The van der Waals surface area contributed by atoms with Crippen LogP contribution in [0.3, 0.4) is 0 Å². The van der Waals surface area contributed by atoms with Gasteiger partial charge in [-0.1, -0.05) is 18.2 Å². The molecule has 0 spiro atoms. The van der Waals surface area contributed by atoms with Crippen molar-refractivity contribution < 1.29 is 13.0 Å². The fourth-order valence-corrected chi connectivity index (χ4v) is 4.54. The van der Waals surface area contributed by atoms with E-state index in [1.165, 1.54) is 0 Å². The average Bonchev–Trinajstić information content (AvgIpc) is 3.04. The summed E-state index contributed by atoms with van der Waals surface area (Å²) in [6.45, 7) is 3.87. The Kier molecular flexibility index (Phi) is 5.54. The lowest BCUT2D eigenvalue weighted by Gasteiger charge is -2.14. The normalized spacial score (nSPS) is 12.7. The van der Waals surface area contributed by atoms with E-state index in [1.807, 2.05) is 26.0 Å². The Morgan fingerprint density at radius 3 is 2.67 bits per heavy atom. The lowest BCUT2D eigenvalue weighted by molar-refractivity contribution is 0.581. The first-order valence-electron chi connectivity index (χ1n) is 8.16. The van der Waals surface area contributed by atoms with Gasteiger partial charge >= 0.3 is 5.16 Å². The van der Waals surface area contributed by atoms with Gasteiger partial charge in [-0.25, -0.2) is 18.0 Å². The van der Waals surface area contributed by atoms with Crippen molar-refractivity contribution in [2.24, 2.45) is 0 Å². The van der Waals surface area contributed by atoms with Crippen molar-refractivity contribution in [3.05, 3.63) is 65.6 Å². The molecule has 0 saturated carbocycles. The third-order valence-electron chi connectivity index (χ3n) is 3.74. The number of aromatic nitrogens is 3. The number of rotatable bonds is 6. The van der Waals surface area contributed by atoms with E-state index in [0.717, 1.165) is 17.5 Å². The molecule has 0 saturated heterocycles. The van der Waals surface area contributed by atoms with Crippen LogP contribution in [0.15, 0.2) is 53.9 Å². The van der Waals surface area contributed by atoms with Crippen LogP contribution in [0.5, 0.6) is 0 Å². The van der Waals surface area contributed by atoms with Crippen molar-refractivity contribution in [3.63, 3.8) is 0 Å². The standard InChI is InChI=1S/C18H20N4O3S2/c1-13-10-14(2)20-17(11-13)22-9-8-19-18(22)26(23)12-15-6-4-5-7-16(15)21-27(3,24)25/h4-11,21H,12H2,1-3H3. The van der Waals surface area contributed by atoms with Crippen LogP contribution in [0, 0.1) is 13.8 Å². The topological polar surface area (TPSA) is 99.9 Å². The van der Waals surface area contributed by atoms with Gasteiger partial charge in [0.05, 0.1) is 18.1 Å². The molecule has 1 aromatic carbocycles. The molecule has 0 fully saturated rings. The predicted octanol–water partition coefficient (Wildman–Crippen LogP) is 2.56. The zero-order chi connectivity index (χ0) is 19.6. The van der Waals surface area contributed by atoms with Crippen LogP contribution >= 0.6 is 0 Å². The number of sulfonamides is 1. The van der Waals surface area contributed by atoms with E-state index in [-0.39, 0.29) is 5.75 Å². The lowest BCUT2D eigenvalue weighted by atomic mass is 10.2. The third-order valence-corrected chi connectivity index (χ3v) is 5.61. The molecular weight excluding hydrogens is 384 g/mol. The van der Waals surface area contributed by atoms with Crippen molar-refractivity contribution in [1.82, 2.24) is 14.5 Å². The molecule has 1 atom stereocenters. The molecule has 0 aliphatic heterocycles. The van der Waals surface area contributed by atoms with Crippen LogP contribution in [0.4, 0.5) is 5.69 Å². The molecule has 1 unspecified atom stereocenters. The highest BCUT2D eigenvalue weighted by Gasteiger charge is 2.22. The fourth-order valence-electron chi connectivity index (χ4n) is 2.73. The zero-order valence-electron chi connectivity index (χ0n) is 15.2. The van der Waals surface area contributed by atoms with E-state index in [2.05, 4.69) is 14.7 Å². The Morgan fingerprint density at radius 2 is 1.96 bits per heavy atom. The molecule has 2 heterocycles. The van der Waals surface area contributed by atoms with Gasteiger partial charge in [0.1, 0.15) is 11.6 Å². The maximum Gasteiger partial charge on any atom is 0.329 e. The summed E-state index contributed by atoms with van der Waals surface area (Å²) in [7, 11) is -3.43. The highest BCUT2D eigenvalue weighted by Crippen LogP contribution is 2.23. The van der Waals surface area contributed by atoms with Crippen molar-refractivity contribution in [2.45, 2.75) is 24.8 Å². The Labute approximate surface area is 161 Å². The van der Waals surface area contributed by atoms with Crippen LogP contribution < -0.4 is 4.72 Å². The molecule has 0 amide bonds. The highest BCUT2D eigenvalue weighted by atomic mass is 32.2. The van der Waals surface area contributed by atoms with Crippen LogP contribution in [-0.4, -0.2) is 33.8 Å². The maximum absolute atomic E-state index is 13.0. The Hall–Kier alpha value is -2.36. The monoisotopic (exact) mass is 404 g/mol. The molecule has 3 rings (SSSR count). The molecule has 0 radical (unpaired) electrons. The summed E-state index contributed by atoms with van der Waals surface area (Å²) < 4.78 is 40.3. The number of hydrogen-bond acceptors (Lipinski definition) is 5. The number of benzene rings is 1. The van der Waals surface area contributed by atoms with Gasteiger partial charge in [0.15, 0.2) is 0 Å².